The predicted molar refractivity (Wildman–Crippen MR) is 140 cm³/mol. The fourth-order valence-corrected chi connectivity index (χ4v) is 4.77. The molecule has 12 heteroatoms. The lowest BCUT2D eigenvalue weighted by Crippen LogP contribution is -2.47. The molecule has 0 atom stereocenters. The van der Waals surface area contributed by atoms with Crippen LogP contribution in [0.3, 0.4) is 0 Å². The van der Waals surface area contributed by atoms with Crippen molar-refractivity contribution in [2.45, 2.75) is 12.9 Å². The quantitative estimate of drug-likeness (QED) is 0.338. The summed E-state index contributed by atoms with van der Waals surface area (Å²) in [5.74, 6) is -1.24. The molecule has 0 unspecified atom stereocenters. The predicted octanol–water partition coefficient (Wildman–Crippen LogP) is 4.21. The summed E-state index contributed by atoms with van der Waals surface area (Å²) >= 11 is 0. The highest BCUT2D eigenvalue weighted by atomic mass is 19.4. The standard InChI is InChI=1S/C27H26F4N6O2/c1-34(2)17-18-4-6-19(7-5-18)37-11-8-22(38)20-16-21(28)24(25(23(20)37)39-27(29,30)31)35-12-14-36(15-13-35)26-32-9-3-10-33-26/h3-11,16H,12-15,17H2,1-2H3. The second-order valence-electron chi connectivity index (χ2n) is 9.46. The summed E-state index contributed by atoms with van der Waals surface area (Å²) in [5, 5.41) is -0.216. The number of aromatic nitrogens is 3. The molecule has 1 aliphatic rings. The van der Waals surface area contributed by atoms with Gasteiger partial charge in [-0.3, -0.25) is 4.79 Å². The van der Waals surface area contributed by atoms with Crippen molar-refractivity contribution in [3.63, 3.8) is 0 Å². The summed E-state index contributed by atoms with van der Waals surface area (Å²) in [6, 6.07) is 11.0. The molecular weight excluding hydrogens is 516 g/mol. The average Bonchev–Trinajstić information content (AvgIpc) is 2.89. The monoisotopic (exact) mass is 542 g/mol. The smallest absolute Gasteiger partial charge is 0.401 e. The Labute approximate surface area is 221 Å². The molecule has 1 fully saturated rings. The Balaban J connectivity index is 1.63. The highest BCUT2D eigenvalue weighted by molar-refractivity contribution is 5.92. The van der Waals surface area contributed by atoms with Crippen LogP contribution >= 0.6 is 0 Å². The molecule has 39 heavy (non-hydrogen) atoms. The van der Waals surface area contributed by atoms with Crippen LogP contribution in [0.5, 0.6) is 5.75 Å². The number of hydrogen-bond acceptors (Lipinski definition) is 7. The van der Waals surface area contributed by atoms with Gasteiger partial charge in [0.1, 0.15) is 11.2 Å². The number of alkyl halides is 3. The largest absolute Gasteiger partial charge is 0.573 e. The number of nitrogens with zero attached hydrogens (tertiary/aromatic N) is 6. The number of rotatable bonds is 6. The highest BCUT2D eigenvalue weighted by Crippen LogP contribution is 2.42. The maximum absolute atomic E-state index is 15.6. The Morgan fingerprint density at radius 3 is 2.23 bits per heavy atom. The fraction of sp³-hybridized carbons (Fsp3) is 0.296. The van der Waals surface area contributed by atoms with Gasteiger partial charge in [0.25, 0.3) is 0 Å². The molecule has 0 saturated carbocycles. The zero-order valence-electron chi connectivity index (χ0n) is 21.3. The van der Waals surface area contributed by atoms with E-state index in [0.29, 0.717) is 31.3 Å². The molecule has 1 aliphatic heterocycles. The van der Waals surface area contributed by atoms with E-state index in [1.54, 1.807) is 30.6 Å². The molecule has 8 nitrogen and oxygen atoms in total. The van der Waals surface area contributed by atoms with Gasteiger partial charge < -0.3 is 24.0 Å². The third-order valence-electron chi connectivity index (χ3n) is 6.43. The zero-order chi connectivity index (χ0) is 27.7. The topological polar surface area (TPSA) is 66.7 Å². The zero-order valence-corrected chi connectivity index (χ0v) is 21.3. The van der Waals surface area contributed by atoms with E-state index in [-0.39, 0.29) is 29.7 Å². The molecule has 0 aliphatic carbocycles. The van der Waals surface area contributed by atoms with Gasteiger partial charge in [0.2, 0.25) is 5.95 Å². The first-order valence-corrected chi connectivity index (χ1v) is 12.3. The Morgan fingerprint density at radius 2 is 1.62 bits per heavy atom. The van der Waals surface area contributed by atoms with E-state index in [9.17, 15) is 18.0 Å². The van der Waals surface area contributed by atoms with Crippen LogP contribution in [-0.2, 0) is 6.54 Å². The molecule has 0 N–H and O–H groups in total. The Morgan fingerprint density at radius 1 is 0.974 bits per heavy atom. The van der Waals surface area contributed by atoms with E-state index in [1.165, 1.54) is 21.7 Å². The minimum Gasteiger partial charge on any atom is -0.401 e. The number of benzene rings is 2. The number of ether oxygens (including phenoxy) is 1. The first-order valence-electron chi connectivity index (χ1n) is 12.3. The van der Waals surface area contributed by atoms with E-state index in [4.69, 9.17) is 0 Å². The van der Waals surface area contributed by atoms with Crippen LogP contribution in [-0.4, -0.2) is 66.1 Å². The number of piperazine rings is 1. The first kappa shape index (κ1) is 26.4. The molecule has 5 rings (SSSR count). The number of pyridine rings is 1. The molecule has 0 spiro atoms. The minimum atomic E-state index is -5.12. The summed E-state index contributed by atoms with van der Waals surface area (Å²) in [5.41, 5.74) is 0.363. The lowest BCUT2D eigenvalue weighted by molar-refractivity contribution is -0.274. The summed E-state index contributed by atoms with van der Waals surface area (Å²) in [4.78, 5) is 26.5. The molecule has 4 aromatic rings. The van der Waals surface area contributed by atoms with Gasteiger partial charge in [0.15, 0.2) is 17.0 Å². The molecule has 2 aromatic heterocycles. The molecule has 0 radical (unpaired) electrons. The van der Waals surface area contributed by atoms with Crippen LogP contribution in [0.25, 0.3) is 16.6 Å². The average molecular weight is 543 g/mol. The van der Waals surface area contributed by atoms with Crippen LogP contribution < -0.4 is 20.0 Å². The summed E-state index contributed by atoms with van der Waals surface area (Å²) in [6.45, 7) is 1.74. The lowest BCUT2D eigenvalue weighted by atomic mass is 10.1. The second-order valence-corrected chi connectivity index (χ2v) is 9.46. The van der Waals surface area contributed by atoms with E-state index >= 15 is 4.39 Å². The highest BCUT2D eigenvalue weighted by Gasteiger charge is 2.37. The van der Waals surface area contributed by atoms with E-state index in [0.717, 1.165) is 11.6 Å². The number of hydrogen-bond donors (Lipinski definition) is 0. The van der Waals surface area contributed by atoms with Gasteiger partial charge in [-0.05, 0) is 43.9 Å². The van der Waals surface area contributed by atoms with E-state index in [2.05, 4.69) is 14.7 Å². The SMILES string of the molecule is CN(C)Cc1ccc(-n2ccc(=O)c3cc(F)c(N4CCN(c5ncccn5)CC4)c(OC(F)(F)F)c32)cc1. The maximum atomic E-state index is 15.6. The van der Waals surface area contributed by atoms with E-state index < -0.39 is 23.4 Å². The molecule has 1 saturated heterocycles. The maximum Gasteiger partial charge on any atom is 0.573 e. The van der Waals surface area contributed by atoms with Gasteiger partial charge in [-0.15, -0.1) is 13.2 Å². The van der Waals surface area contributed by atoms with Crippen LogP contribution in [0.4, 0.5) is 29.2 Å². The first-order chi connectivity index (χ1) is 18.6. The Bertz CT molecular complexity index is 1520. The normalized spacial score (nSPS) is 14.3. The van der Waals surface area contributed by atoms with Gasteiger partial charge in [0, 0.05) is 63.1 Å². The molecule has 0 bridgehead atoms. The number of halogens is 4. The van der Waals surface area contributed by atoms with Crippen molar-refractivity contribution in [1.82, 2.24) is 19.4 Å². The Hall–Kier alpha value is -4.19. The number of fused-ring (bicyclic) bond motifs is 1. The van der Waals surface area contributed by atoms with Gasteiger partial charge in [0.05, 0.1) is 5.39 Å². The second kappa shape index (κ2) is 10.5. The van der Waals surface area contributed by atoms with Gasteiger partial charge in [-0.25, -0.2) is 14.4 Å². The summed E-state index contributed by atoms with van der Waals surface area (Å²) in [7, 11) is 3.85. The van der Waals surface area contributed by atoms with Gasteiger partial charge in [-0.1, -0.05) is 12.1 Å². The molecule has 0 amide bonds. The van der Waals surface area contributed by atoms with Crippen LogP contribution in [0.2, 0.25) is 0 Å². The Kier molecular flexibility index (Phi) is 7.13. The molecular formula is C27H26F4N6O2. The summed E-state index contributed by atoms with van der Waals surface area (Å²) < 4.78 is 62.8. The number of anilines is 2. The molecule has 204 valence electrons. The molecule has 3 heterocycles. The van der Waals surface area contributed by atoms with Crippen molar-refractivity contribution in [2.24, 2.45) is 0 Å². The lowest BCUT2D eigenvalue weighted by Gasteiger charge is -2.37. The van der Waals surface area contributed by atoms with Crippen molar-refractivity contribution in [1.29, 1.82) is 0 Å². The van der Waals surface area contributed by atoms with Crippen molar-refractivity contribution in [2.75, 3.05) is 50.1 Å². The fourth-order valence-electron chi connectivity index (χ4n) is 4.77. The third-order valence-corrected chi connectivity index (χ3v) is 6.43. The van der Waals surface area contributed by atoms with Crippen LogP contribution in [0, 0.1) is 5.82 Å². The van der Waals surface area contributed by atoms with Crippen LogP contribution in [0.15, 0.2) is 65.8 Å². The van der Waals surface area contributed by atoms with Crippen molar-refractivity contribution >= 4 is 22.5 Å². The minimum absolute atomic E-state index is 0.162. The van der Waals surface area contributed by atoms with Crippen molar-refractivity contribution in [3.05, 3.63) is 82.7 Å². The summed E-state index contributed by atoms with van der Waals surface area (Å²) in [6.07, 6.45) is -0.554. The molecule has 2 aromatic carbocycles. The van der Waals surface area contributed by atoms with Gasteiger partial charge >= 0.3 is 6.36 Å². The van der Waals surface area contributed by atoms with Crippen molar-refractivity contribution in [3.8, 4) is 11.4 Å². The van der Waals surface area contributed by atoms with Crippen molar-refractivity contribution < 1.29 is 22.3 Å². The third kappa shape index (κ3) is 5.65. The van der Waals surface area contributed by atoms with Gasteiger partial charge in [-0.2, -0.15) is 0 Å². The van der Waals surface area contributed by atoms with Crippen LogP contribution in [0.1, 0.15) is 5.56 Å². The van der Waals surface area contributed by atoms with E-state index in [1.807, 2.05) is 36.0 Å².